The van der Waals surface area contributed by atoms with Crippen LogP contribution < -0.4 is 0 Å². The molecule has 0 unspecified atom stereocenters. The van der Waals surface area contributed by atoms with Crippen LogP contribution >= 0.6 is 11.6 Å². The van der Waals surface area contributed by atoms with Crippen LogP contribution in [0.2, 0.25) is 5.02 Å². The molecule has 0 fully saturated rings. The van der Waals surface area contributed by atoms with Crippen LogP contribution in [0.5, 0.6) is 0 Å². The number of carbonyl (C=O) groups excluding carboxylic acids is 2. The van der Waals surface area contributed by atoms with Crippen molar-refractivity contribution in [1.82, 2.24) is 9.55 Å². The molecule has 0 aliphatic heterocycles. The first-order valence-electron chi connectivity index (χ1n) is 8.13. The number of halogens is 2. The van der Waals surface area contributed by atoms with E-state index in [1.54, 1.807) is 25.1 Å². The molecule has 0 spiro atoms. The number of hydrogen-bond acceptors (Lipinski definition) is 4. The number of ketones is 1. The van der Waals surface area contributed by atoms with E-state index < -0.39 is 12.6 Å². The first-order chi connectivity index (χ1) is 12.9. The molecule has 3 aromatic rings. The van der Waals surface area contributed by atoms with Gasteiger partial charge in [-0.3, -0.25) is 4.79 Å². The lowest BCUT2D eigenvalue weighted by Crippen LogP contribution is -2.15. The first kappa shape index (κ1) is 18.8. The lowest BCUT2D eigenvalue weighted by Gasteiger charge is -2.10. The van der Waals surface area contributed by atoms with E-state index in [1.165, 1.54) is 30.5 Å². The fraction of sp³-hybridized carbons (Fsp3) is 0.150. The molecule has 27 heavy (non-hydrogen) atoms. The molecule has 0 saturated carbocycles. The molecule has 138 valence electrons. The number of nitrogens with zero attached hydrogens (tertiary/aromatic N) is 2. The van der Waals surface area contributed by atoms with Crippen LogP contribution in [-0.2, 0) is 4.74 Å². The molecular weight excluding hydrogens is 371 g/mol. The summed E-state index contributed by atoms with van der Waals surface area (Å²) in [5, 5.41) is 0.353. The van der Waals surface area contributed by atoms with E-state index in [9.17, 15) is 14.0 Å². The number of Topliss-reactive ketones (excluding diaryl/α,β-unsaturated/α-hetero) is 1. The Labute approximate surface area is 160 Å². The van der Waals surface area contributed by atoms with E-state index in [0.29, 0.717) is 16.3 Å². The zero-order chi connectivity index (χ0) is 19.6. The van der Waals surface area contributed by atoms with E-state index in [4.69, 9.17) is 16.3 Å². The molecular formula is C20H16ClFN2O3. The highest BCUT2D eigenvalue weighted by molar-refractivity contribution is 6.30. The molecule has 0 saturated heterocycles. The van der Waals surface area contributed by atoms with Gasteiger partial charge in [0.2, 0.25) is 5.78 Å². The first-order valence-corrected chi connectivity index (χ1v) is 8.51. The SMILES string of the molecule is Cc1cc(C(=O)COC(=O)c2cc(Cl)ccn2)c(C)n1-c1ccc(F)cc1. The minimum Gasteiger partial charge on any atom is -0.453 e. The molecule has 0 atom stereocenters. The van der Waals surface area contributed by atoms with Crippen molar-refractivity contribution >= 4 is 23.4 Å². The van der Waals surface area contributed by atoms with E-state index in [2.05, 4.69) is 4.98 Å². The average molecular weight is 387 g/mol. The Balaban J connectivity index is 1.76. The number of aryl methyl sites for hydroxylation is 1. The second-order valence-electron chi connectivity index (χ2n) is 5.96. The number of hydrogen-bond donors (Lipinski definition) is 0. The standard InChI is InChI=1S/C20H16ClFN2O3/c1-12-9-17(13(2)24(12)16-5-3-15(22)4-6-16)19(25)11-27-20(26)18-10-14(21)7-8-23-18/h3-10H,11H2,1-2H3. The number of benzene rings is 1. The van der Waals surface area contributed by atoms with Gasteiger partial charge in [-0.25, -0.2) is 14.2 Å². The zero-order valence-corrected chi connectivity index (χ0v) is 15.5. The summed E-state index contributed by atoms with van der Waals surface area (Å²) in [7, 11) is 0. The molecule has 0 N–H and O–H groups in total. The Morgan fingerprint density at radius 2 is 1.85 bits per heavy atom. The van der Waals surface area contributed by atoms with Crippen molar-refractivity contribution in [3.63, 3.8) is 0 Å². The summed E-state index contributed by atoms with van der Waals surface area (Å²) >= 11 is 5.82. The van der Waals surface area contributed by atoms with Gasteiger partial charge in [-0.05, 0) is 56.3 Å². The Kier molecular flexibility index (Phi) is 5.37. The largest absolute Gasteiger partial charge is 0.453 e. The maximum Gasteiger partial charge on any atom is 0.357 e. The third-order valence-electron chi connectivity index (χ3n) is 4.08. The van der Waals surface area contributed by atoms with Gasteiger partial charge in [-0.1, -0.05) is 11.6 Å². The van der Waals surface area contributed by atoms with Crippen molar-refractivity contribution in [3.8, 4) is 5.69 Å². The van der Waals surface area contributed by atoms with Crippen LogP contribution in [0.1, 0.15) is 32.2 Å². The highest BCUT2D eigenvalue weighted by Crippen LogP contribution is 2.21. The number of carbonyl (C=O) groups is 2. The fourth-order valence-corrected chi connectivity index (χ4v) is 2.99. The minimum atomic E-state index is -0.724. The van der Waals surface area contributed by atoms with Crippen molar-refractivity contribution in [2.24, 2.45) is 0 Å². The summed E-state index contributed by atoms with van der Waals surface area (Å²) in [5.74, 6) is -1.40. The van der Waals surface area contributed by atoms with Crippen LogP contribution in [0.15, 0.2) is 48.7 Å². The summed E-state index contributed by atoms with van der Waals surface area (Å²) in [6.45, 7) is 3.21. The molecule has 2 aromatic heterocycles. The molecule has 0 bridgehead atoms. The van der Waals surface area contributed by atoms with Crippen molar-refractivity contribution < 1.29 is 18.7 Å². The molecule has 0 aliphatic carbocycles. The smallest absolute Gasteiger partial charge is 0.357 e. The second-order valence-corrected chi connectivity index (χ2v) is 6.39. The van der Waals surface area contributed by atoms with E-state index in [1.807, 2.05) is 11.5 Å². The van der Waals surface area contributed by atoms with E-state index >= 15 is 0 Å². The molecule has 2 heterocycles. The summed E-state index contributed by atoms with van der Waals surface area (Å²) < 4.78 is 20.0. The van der Waals surface area contributed by atoms with Crippen LogP contribution in [0.4, 0.5) is 4.39 Å². The molecule has 5 nitrogen and oxygen atoms in total. The van der Waals surface area contributed by atoms with Gasteiger partial charge in [0.1, 0.15) is 11.5 Å². The maximum absolute atomic E-state index is 13.2. The van der Waals surface area contributed by atoms with Crippen LogP contribution in [0.3, 0.4) is 0 Å². The summed E-state index contributed by atoms with van der Waals surface area (Å²) in [6.07, 6.45) is 1.39. The van der Waals surface area contributed by atoms with Gasteiger partial charge >= 0.3 is 5.97 Å². The van der Waals surface area contributed by atoms with E-state index in [0.717, 1.165) is 11.4 Å². The van der Waals surface area contributed by atoms with Gasteiger partial charge in [0.25, 0.3) is 0 Å². The lowest BCUT2D eigenvalue weighted by molar-refractivity contribution is 0.0468. The third-order valence-corrected chi connectivity index (χ3v) is 4.32. The van der Waals surface area contributed by atoms with Crippen molar-refractivity contribution in [1.29, 1.82) is 0 Å². The predicted molar refractivity (Wildman–Crippen MR) is 99.1 cm³/mol. The van der Waals surface area contributed by atoms with Gasteiger partial charge in [0.05, 0.1) is 0 Å². The number of aromatic nitrogens is 2. The van der Waals surface area contributed by atoms with Gasteiger partial charge in [0, 0.05) is 33.9 Å². The highest BCUT2D eigenvalue weighted by atomic mass is 35.5. The number of rotatable bonds is 5. The van der Waals surface area contributed by atoms with Crippen molar-refractivity contribution in [3.05, 3.63) is 82.1 Å². The Bertz CT molecular complexity index is 1010. The maximum atomic E-state index is 13.2. The number of esters is 1. The van der Waals surface area contributed by atoms with Gasteiger partial charge < -0.3 is 9.30 Å². The van der Waals surface area contributed by atoms with Gasteiger partial charge in [-0.15, -0.1) is 0 Å². The van der Waals surface area contributed by atoms with Gasteiger partial charge in [-0.2, -0.15) is 0 Å². The van der Waals surface area contributed by atoms with Crippen molar-refractivity contribution in [2.45, 2.75) is 13.8 Å². The van der Waals surface area contributed by atoms with Crippen molar-refractivity contribution in [2.75, 3.05) is 6.61 Å². The fourth-order valence-electron chi connectivity index (χ4n) is 2.83. The average Bonchev–Trinajstić information content (AvgIpc) is 2.94. The molecule has 3 rings (SSSR count). The van der Waals surface area contributed by atoms with E-state index in [-0.39, 0.29) is 17.3 Å². The Morgan fingerprint density at radius 3 is 2.52 bits per heavy atom. The van der Waals surface area contributed by atoms with Gasteiger partial charge in [0.15, 0.2) is 6.61 Å². The lowest BCUT2D eigenvalue weighted by atomic mass is 10.1. The van der Waals surface area contributed by atoms with Crippen LogP contribution in [-0.4, -0.2) is 27.9 Å². The third kappa shape index (κ3) is 4.06. The number of ether oxygens (including phenoxy) is 1. The molecule has 0 aliphatic rings. The Morgan fingerprint density at radius 1 is 1.15 bits per heavy atom. The monoisotopic (exact) mass is 386 g/mol. The summed E-state index contributed by atoms with van der Waals surface area (Å²) in [5.41, 5.74) is 2.70. The summed E-state index contributed by atoms with van der Waals surface area (Å²) in [6, 6.07) is 10.6. The minimum absolute atomic E-state index is 0.0343. The molecule has 0 radical (unpaired) electrons. The topological polar surface area (TPSA) is 61.2 Å². The zero-order valence-electron chi connectivity index (χ0n) is 14.7. The summed E-state index contributed by atoms with van der Waals surface area (Å²) in [4.78, 5) is 28.4. The number of pyridine rings is 1. The molecule has 0 amide bonds. The van der Waals surface area contributed by atoms with Crippen LogP contribution in [0.25, 0.3) is 5.69 Å². The predicted octanol–water partition coefficient (Wildman–Crippen LogP) is 4.32. The molecule has 1 aromatic carbocycles. The second kappa shape index (κ2) is 7.72. The highest BCUT2D eigenvalue weighted by Gasteiger charge is 2.19. The Hall–Kier alpha value is -2.99. The normalized spacial score (nSPS) is 10.7. The molecule has 7 heteroatoms. The van der Waals surface area contributed by atoms with Crippen LogP contribution in [0, 0.1) is 19.7 Å². The quantitative estimate of drug-likeness (QED) is 0.484.